The largest absolute Gasteiger partial charge is 0.304 e. The maximum absolute atomic E-state index is 12.3. The molecule has 1 saturated heterocycles. The van der Waals surface area contributed by atoms with Gasteiger partial charge < -0.3 is 4.90 Å². The molecule has 0 aromatic carbocycles. The standard InChI is InChI=1S/C13H22BrN3O2S2/c1-13(2,17-7-5-16(3)6-8-17)10-15-21(18,19)12-11(14)4-9-20-12/h4,9,15H,5-8,10H2,1-3H3. The van der Waals surface area contributed by atoms with Crippen LogP contribution in [0, 0.1) is 0 Å². The summed E-state index contributed by atoms with van der Waals surface area (Å²) in [6, 6.07) is 1.75. The minimum atomic E-state index is -3.45. The van der Waals surface area contributed by atoms with Gasteiger partial charge in [0.25, 0.3) is 10.0 Å². The molecule has 21 heavy (non-hydrogen) atoms. The predicted molar refractivity (Wildman–Crippen MR) is 90.4 cm³/mol. The molecule has 1 aromatic rings. The number of piperazine rings is 1. The van der Waals surface area contributed by atoms with Crippen LogP contribution >= 0.6 is 27.3 Å². The monoisotopic (exact) mass is 395 g/mol. The number of nitrogens with zero attached hydrogens (tertiary/aromatic N) is 2. The van der Waals surface area contributed by atoms with E-state index in [2.05, 4.69) is 51.3 Å². The molecular formula is C13H22BrN3O2S2. The molecule has 1 fully saturated rings. The number of rotatable bonds is 5. The summed E-state index contributed by atoms with van der Waals surface area (Å²) in [5.41, 5.74) is -0.196. The number of likely N-dealkylation sites (N-methyl/N-ethyl adjacent to an activating group) is 1. The highest BCUT2D eigenvalue weighted by atomic mass is 79.9. The average Bonchev–Trinajstić information content (AvgIpc) is 2.84. The normalized spacial score (nSPS) is 19.0. The second-order valence-corrected chi connectivity index (χ2v) is 9.72. The maximum Gasteiger partial charge on any atom is 0.251 e. The zero-order valence-corrected chi connectivity index (χ0v) is 15.8. The van der Waals surface area contributed by atoms with Crippen molar-refractivity contribution in [2.45, 2.75) is 23.6 Å². The zero-order valence-electron chi connectivity index (χ0n) is 12.6. The Morgan fingerprint density at radius 3 is 2.48 bits per heavy atom. The molecule has 1 aliphatic heterocycles. The summed E-state index contributed by atoms with van der Waals surface area (Å²) in [6.07, 6.45) is 0. The Morgan fingerprint density at radius 1 is 1.33 bits per heavy atom. The van der Waals surface area contributed by atoms with Gasteiger partial charge >= 0.3 is 0 Å². The summed E-state index contributed by atoms with van der Waals surface area (Å²) in [7, 11) is -1.33. The molecule has 0 spiro atoms. The molecule has 0 radical (unpaired) electrons. The average molecular weight is 396 g/mol. The highest BCUT2D eigenvalue weighted by Gasteiger charge is 2.31. The second-order valence-electron chi connectivity index (χ2n) is 5.98. The molecule has 0 aliphatic carbocycles. The Kier molecular flexibility index (Phi) is 5.49. The smallest absolute Gasteiger partial charge is 0.251 e. The topological polar surface area (TPSA) is 52.6 Å². The van der Waals surface area contributed by atoms with Crippen LogP contribution in [0.5, 0.6) is 0 Å². The third-order valence-corrected chi connectivity index (χ3v) is 7.95. The van der Waals surface area contributed by atoms with Crippen LogP contribution in [0.3, 0.4) is 0 Å². The maximum atomic E-state index is 12.3. The van der Waals surface area contributed by atoms with Crippen molar-refractivity contribution in [2.75, 3.05) is 39.8 Å². The van der Waals surface area contributed by atoms with Gasteiger partial charge in [-0.2, -0.15) is 0 Å². The number of halogens is 1. The van der Waals surface area contributed by atoms with E-state index >= 15 is 0 Å². The number of hydrogen-bond donors (Lipinski definition) is 1. The van der Waals surface area contributed by atoms with Crippen molar-refractivity contribution in [3.05, 3.63) is 15.9 Å². The number of nitrogens with one attached hydrogen (secondary N) is 1. The fourth-order valence-electron chi connectivity index (χ4n) is 2.33. The Labute approximate surface area is 139 Å². The van der Waals surface area contributed by atoms with Gasteiger partial charge in [-0.1, -0.05) is 0 Å². The highest BCUT2D eigenvalue weighted by Crippen LogP contribution is 2.27. The van der Waals surface area contributed by atoms with Gasteiger partial charge in [0.2, 0.25) is 0 Å². The summed E-state index contributed by atoms with van der Waals surface area (Å²) in [5.74, 6) is 0. The number of sulfonamides is 1. The molecule has 0 bridgehead atoms. The van der Waals surface area contributed by atoms with Gasteiger partial charge in [-0.3, -0.25) is 4.90 Å². The predicted octanol–water partition coefficient (Wildman–Crippen LogP) is 1.81. The summed E-state index contributed by atoms with van der Waals surface area (Å²) in [5, 5.41) is 1.77. The first-order valence-corrected chi connectivity index (χ1v) is 10.0. The summed E-state index contributed by atoms with van der Waals surface area (Å²) < 4.78 is 28.4. The van der Waals surface area contributed by atoms with E-state index in [1.165, 1.54) is 11.3 Å². The van der Waals surface area contributed by atoms with Gasteiger partial charge in [-0.05, 0) is 48.3 Å². The van der Waals surface area contributed by atoms with Crippen molar-refractivity contribution >= 4 is 37.3 Å². The molecule has 2 heterocycles. The van der Waals surface area contributed by atoms with Gasteiger partial charge in [0.05, 0.1) is 0 Å². The first-order chi connectivity index (χ1) is 9.72. The molecule has 1 N–H and O–H groups in total. The number of thiophene rings is 1. The van der Waals surface area contributed by atoms with Crippen LogP contribution in [0.15, 0.2) is 20.1 Å². The Balaban J connectivity index is 2.00. The quantitative estimate of drug-likeness (QED) is 0.825. The first kappa shape index (κ1) is 17.4. The molecule has 0 unspecified atom stereocenters. The van der Waals surface area contributed by atoms with Crippen LogP contribution in [-0.4, -0.2) is 63.5 Å². The van der Waals surface area contributed by atoms with Crippen LogP contribution in [0.1, 0.15) is 13.8 Å². The Morgan fingerprint density at radius 2 is 1.95 bits per heavy atom. The van der Waals surface area contributed by atoms with Crippen molar-refractivity contribution in [1.29, 1.82) is 0 Å². The molecule has 0 saturated carbocycles. The van der Waals surface area contributed by atoms with E-state index in [-0.39, 0.29) is 5.54 Å². The van der Waals surface area contributed by atoms with E-state index in [0.717, 1.165) is 26.2 Å². The van der Waals surface area contributed by atoms with Gasteiger partial charge in [-0.25, -0.2) is 13.1 Å². The third kappa shape index (κ3) is 4.27. The van der Waals surface area contributed by atoms with Crippen LogP contribution in [0.2, 0.25) is 0 Å². The molecule has 5 nitrogen and oxygen atoms in total. The van der Waals surface area contributed by atoms with E-state index in [1.807, 2.05) is 0 Å². The van der Waals surface area contributed by atoms with Crippen molar-refractivity contribution in [3.63, 3.8) is 0 Å². The minimum Gasteiger partial charge on any atom is -0.304 e. The fourth-order valence-corrected chi connectivity index (χ4v) is 5.92. The minimum absolute atomic E-state index is 0.196. The lowest BCUT2D eigenvalue weighted by atomic mass is 10.0. The van der Waals surface area contributed by atoms with E-state index in [4.69, 9.17) is 0 Å². The van der Waals surface area contributed by atoms with Crippen molar-refractivity contribution < 1.29 is 8.42 Å². The SMILES string of the molecule is CN1CCN(C(C)(C)CNS(=O)(=O)c2sccc2Br)CC1. The van der Waals surface area contributed by atoms with Gasteiger partial charge in [0, 0.05) is 42.7 Å². The molecule has 1 aliphatic rings. The molecule has 8 heteroatoms. The fraction of sp³-hybridized carbons (Fsp3) is 0.692. The molecule has 1 aromatic heterocycles. The Hall–Kier alpha value is 0.01000. The number of hydrogen-bond acceptors (Lipinski definition) is 5. The van der Waals surface area contributed by atoms with Crippen molar-refractivity contribution in [1.82, 2.24) is 14.5 Å². The van der Waals surface area contributed by atoms with E-state index in [9.17, 15) is 8.42 Å². The van der Waals surface area contributed by atoms with Crippen LogP contribution in [0.4, 0.5) is 0 Å². The van der Waals surface area contributed by atoms with Crippen molar-refractivity contribution in [2.24, 2.45) is 0 Å². The second kappa shape index (κ2) is 6.64. The highest BCUT2D eigenvalue weighted by molar-refractivity contribution is 9.10. The van der Waals surface area contributed by atoms with Crippen molar-refractivity contribution in [3.8, 4) is 0 Å². The molecule has 2 rings (SSSR count). The van der Waals surface area contributed by atoms with Gasteiger partial charge in [0.15, 0.2) is 0 Å². The first-order valence-electron chi connectivity index (χ1n) is 6.89. The third-order valence-electron chi connectivity index (χ3n) is 3.88. The van der Waals surface area contributed by atoms with E-state index < -0.39 is 10.0 Å². The molecule has 0 atom stereocenters. The van der Waals surface area contributed by atoms with Gasteiger partial charge in [0.1, 0.15) is 4.21 Å². The molecular weight excluding hydrogens is 374 g/mol. The van der Waals surface area contributed by atoms with E-state index in [0.29, 0.717) is 15.2 Å². The van der Waals surface area contributed by atoms with E-state index in [1.54, 1.807) is 11.4 Å². The molecule has 120 valence electrons. The lowest BCUT2D eigenvalue weighted by molar-refractivity contribution is 0.0652. The van der Waals surface area contributed by atoms with Crippen LogP contribution < -0.4 is 4.72 Å². The Bertz CT molecular complexity index is 578. The van der Waals surface area contributed by atoms with Crippen LogP contribution in [-0.2, 0) is 10.0 Å². The summed E-state index contributed by atoms with van der Waals surface area (Å²) in [6.45, 7) is 8.55. The lowest BCUT2D eigenvalue weighted by Gasteiger charge is -2.43. The molecule has 0 amide bonds. The zero-order chi connectivity index (χ0) is 15.7. The van der Waals surface area contributed by atoms with Crippen LogP contribution in [0.25, 0.3) is 0 Å². The lowest BCUT2D eigenvalue weighted by Crippen LogP contribution is -2.57. The van der Waals surface area contributed by atoms with Gasteiger partial charge in [-0.15, -0.1) is 11.3 Å². The summed E-state index contributed by atoms with van der Waals surface area (Å²) in [4.78, 5) is 4.64. The summed E-state index contributed by atoms with van der Waals surface area (Å²) >= 11 is 4.51.